The van der Waals surface area contributed by atoms with E-state index < -0.39 is 20.9 Å². The topological polar surface area (TPSA) is 122 Å². The van der Waals surface area contributed by atoms with E-state index in [9.17, 15) is 23.3 Å². The second-order valence-corrected chi connectivity index (χ2v) is 8.59. The van der Waals surface area contributed by atoms with E-state index in [4.69, 9.17) is 12.2 Å². The van der Waals surface area contributed by atoms with Crippen LogP contribution in [-0.4, -0.2) is 41.8 Å². The highest BCUT2D eigenvalue weighted by Crippen LogP contribution is 2.18. The predicted octanol–water partition coefficient (Wildman–Crippen LogP) is 3.15. The first-order chi connectivity index (χ1) is 14.7. The smallest absolute Gasteiger partial charge is 0.269 e. The van der Waals surface area contributed by atoms with Crippen LogP contribution in [-0.2, 0) is 14.8 Å². The fourth-order valence-electron chi connectivity index (χ4n) is 2.62. The first-order valence-corrected chi connectivity index (χ1v) is 11.2. The summed E-state index contributed by atoms with van der Waals surface area (Å²) >= 11 is 5.10. The van der Waals surface area contributed by atoms with E-state index >= 15 is 0 Å². The van der Waals surface area contributed by atoms with Crippen molar-refractivity contribution in [3.63, 3.8) is 0 Å². The van der Waals surface area contributed by atoms with E-state index in [2.05, 4.69) is 10.6 Å². The van der Waals surface area contributed by atoms with Gasteiger partial charge in [-0.3, -0.25) is 20.2 Å². The molecule has 0 heterocycles. The summed E-state index contributed by atoms with van der Waals surface area (Å²) in [7, 11) is -3.55. The summed E-state index contributed by atoms with van der Waals surface area (Å²) in [6, 6.07) is 11.8. The number of carbonyl (C=O) groups is 1. The molecule has 0 radical (unpaired) electrons. The van der Waals surface area contributed by atoms with Gasteiger partial charge in [0.15, 0.2) is 5.11 Å². The molecular weight excluding hydrogens is 440 g/mol. The number of amides is 1. The van der Waals surface area contributed by atoms with Crippen molar-refractivity contribution in [2.24, 2.45) is 0 Å². The van der Waals surface area contributed by atoms with Gasteiger partial charge < -0.3 is 5.32 Å². The molecule has 2 rings (SSSR count). The van der Waals surface area contributed by atoms with E-state index in [1.165, 1.54) is 52.9 Å². The molecule has 0 bridgehead atoms. The van der Waals surface area contributed by atoms with Crippen LogP contribution in [0.2, 0.25) is 0 Å². The molecule has 2 aromatic rings. The Morgan fingerprint density at radius 2 is 1.68 bits per heavy atom. The molecule has 0 atom stereocenters. The number of nitro benzene ring substituents is 1. The Morgan fingerprint density at radius 1 is 1.10 bits per heavy atom. The molecule has 0 aliphatic rings. The minimum Gasteiger partial charge on any atom is -0.332 e. The molecule has 0 fully saturated rings. The number of thiocarbonyl (C=S) groups is 1. The summed E-state index contributed by atoms with van der Waals surface area (Å²) in [5.41, 5.74) is 1.09. The third-order valence-electron chi connectivity index (χ3n) is 4.22. The number of nitrogens with zero attached hydrogens (tertiary/aromatic N) is 2. The molecule has 11 heteroatoms. The normalized spacial score (nSPS) is 11.5. The number of rotatable bonds is 8. The van der Waals surface area contributed by atoms with Crippen LogP contribution >= 0.6 is 12.2 Å². The number of benzene rings is 2. The van der Waals surface area contributed by atoms with E-state index in [1.54, 1.807) is 26.0 Å². The molecule has 0 aliphatic carbocycles. The van der Waals surface area contributed by atoms with Crippen LogP contribution in [0.5, 0.6) is 0 Å². The average Bonchev–Trinajstić information content (AvgIpc) is 2.73. The summed E-state index contributed by atoms with van der Waals surface area (Å²) in [6.07, 6.45) is 2.74. The zero-order valence-corrected chi connectivity index (χ0v) is 18.6. The molecule has 164 valence electrons. The summed E-state index contributed by atoms with van der Waals surface area (Å²) in [4.78, 5) is 22.3. The third kappa shape index (κ3) is 6.67. The Balaban J connectivity index is 1.94. The second kappa shape index (κ2) is 10.8. The second-order valence-electron chi connectivity index (χ2n) is 6.24. The lowest BCUT2D eigenvalue weighted by Gasteiger charge is -2.18. The highest BCUT2D eigenvalue weighted by molar-refractivity contribution is 7.89. The molecule has 0 unspecified atom stereocenters. The van der Waals surface area contributed by atoms with Crippen LogP contribution < -0.4 is 10.6 Å². The lowest BCUT2D eigenvalue weighted by atomic mass is 10.2. The number of non-ortho nitro benzene ring substituents is 1. The van der Waals surface area contributed by atoms with Crippen LogP contribution in [0.4, 0.5) is 11.4 Å². The zero-order chi connectivity index (χ0) is 23.0. The van der Waals surface area contributed by atoms with Gasteiger partial charge >= 0.3 is 0 Å². The van der Waals surface area contributed by atoms with Gasteiger partial charge in [-0.2, -0.15) is 4.31 Å². The number of carbonyl (C=O) groups excluding carboxylic acids is 1. The van der Waals surface area contributed by atoms with E-state index in [0.717, 1.165) is 0 Å². The molecule has 9 nitrogen and oxygen atoms in total. The van der Waals surface area contributed by atoms with Gasteiger partial charge in [-0.05, 0) is 60.3 Å². The molecule has 0 saturated heterocycles. The van der Waals surface area contributed by atoms with Crippen LogP contribution in [0.25, 0.3) is 6.08 Å². The van der Waals surface area contributed by atoms with Crippen molar-refractivity contribution in [3.05, 3.63) is 70.3 Å². The van der Waals surface area contributed by atoms with Crippen molar-refractivity contribution in [3.8, 4) is 0 Å². The van der Waals surface area contributed by atoms with E-state index in [0.29, 0.717) is 24.3 Å². The van der Waals surface area contributed by atoms with Gasteiger partial charge in [0.05, 0.1) is 9.82 Å². The van der Waals surface area contributed by atoms with E-state index in [-0.39, 0.29) is 15.7 Å². The summed E-state index contributed by atoms with van der Waals surface area (Å²) in [5, 5.41) is 16.0. The molecule has 0 saturated carbocycles. The van der Waals surface area contributed by atoms with Crippen molar-refractivity contribution in [1.82, 2.24) is 9.62 Å². The predicted molar refractivity (Wildman–Crippen MR) is 123 cm³/mol. The Kier molecular flexibility index (Phi) is 8.37. The van der Waals surface area contributed by atoms with Crippen molar-refractivity contribution in [2.45, 2.75) is 18.7 Å². The van der Waals surface area contributed by atoms with Crippen molar-refractivity contribution < 1.29 is 18.1 Å². The third-order valence-corrected chi connectivity index (χ3v) is 6.49. The monoisotopic (exact) mass is 462 g/mol. The van der Waals surface area contributed by atoms with Gasteiger partial charge in [-0.15, -0.1) is 0 Å². The summed E-state index contributed by atoms with van der Waals surface area (Å²) in [6.45, 7) is 4.30. The molecular formula is C20H22N4O5S2. The number of nitrogens with one attached hydrogen (secondary N) is 2. The maximum Gasteiger partial charge on any atom is 0.269 e. The maximum absolute atomic E-state index is 12.5. The fraction of sp³-hybridized carbons (Fsp3) is 0.200. The lowest BCUT2D eigenvalue weighted by molar-refractivity contribution is -0.384. The zero-order valence-electron chi connectivity index (χ0n) is 16.9. The number of sulfonamides is 1. The Morgan fingerprint density at radius 3 is 2.19 bits per heavy atom. The fourth-order valence-corrected chi connectivity index (χ4v) is 4.29. The minimum absolute atomic E-state index is 0.0390. The number of hydrogen-bond donors (Lipinski definition) is 2. The minimum atomic E-state index is -3.55. The van der Waals surface area contributed by atoms with Crippen LogP contribution in [0.1, 0.15) is 19.4 Å². The molecule has 31 heavy (non-hydrogen) atoms. The lowest BCUT2D eigenvalue weighted by Crippen LogP contribution is -2.33. The Hall–Kier alpha value is -3.15. The van der Waals surface area contributed by atoms with Crippen LogP contribution in [0.3, 0.4) is 0 Å². The van der Waals surface area contributed by atoms with Gasteiger partial charge in [0, 0.05) is 37.0 Å². The Labute approximate surface area is 186 Å². The van der Waals surface area contributed by atoms with Gasteiger partial charge in [-0.1, -0.05) is 13.8 Å². The van der Waals surface area contributed by atoms with Gasteiger partial charge in [0.2, 0.25) is 15.9 Å². The first-order valence-electron chi connectivity index (χ1n) is 9.32. The maximum atomic E-state index is 12.5. The molecule has 0 aromatic heterocycles. The van der Waals surface area contributed by atoms with Gasteiger partial charge in [-0.25, -0.2) is 8.42 Å². The van der Waals surface area contributed by atoms with Crippen LogP contribution in [0.15, 0.2) is 59.5 Å². The van der Waals surface area contributed by atoms with E-state index in [1.807, 2.05) is 0 Å². The summed E-state index contributed by atoms with van der Waals surface area (Å²) in [5.74, 6) is -0.489. The molecule has 0 spiro atoms. The first kappa shape index (κ1) is 24.1. The van der Waals surface area contributed by atoms with Gasteiger partial charge in [0.25, 0.3) is 5.69 Å². The van der Waals surface area contributed by atoms with Crippen molar-refractivity contribution in [2.75, 3.05) is 18.4 Å². The molecule has 0 aliphatic heterocycles. The van der Waals surface area contributed by atoms with Crippen LogP contribution in [0, 0.1) is 10.1 Å². The Bertz CT molecular complexity index is 1080. The van der Waals surface area contributed by atoms with Gasteiger partial charge in [0.1, 0.15) is 0 Å². The summed E-state index contributed by atoms with van der Waals surface area (Å²) < 4.78 is 26.4. The van der Waals surface area contributed by atoms with Crippen molar-refractivity contribution in [1.29, 1.82) is 0 Å². The highest BCUT2D eigenvalue weighted by atomic mass is 32.2. The quantitative estimate of drug-likeness (QED) is 0.267. The molecule has 1 amide bonds. The SMILES string of the molecule is CCN(CC)S(=O)(=O)c1ccc(NC(=S)NC(=O)/C=C/c2ccc([N+](=O)[O-])cc2)cc1. The largest absolute Gasteiger partial charge is 0.332 e. The average molecular weight is 463 g/mol. The molecule has 2 N–H and O–H groups in total. The molecule has 2 aromatic carbocycles. The number of nitro groups is 1. The van der Waals surface area contributed by atoms with Crippen molar-refractivity contribution >= 4 is 50.7 Å². The number of hydrogen-bond acceptors (Lipinski definition) is 6. The number of anilines is 1. The highest BCUT2D eigenvalue weighted by Gasteiger charge is 2.21. The standard InChI is InChI=1S/C20H22N4O5S2/c1-3-23(4-2)31(28,29)18-12-8-16(9-13-18)21-20(30)22-19(25)14-7-15-5-10-17(11-6-15)24(26)27/h5-14H,3-4H2,1-2H3,(H2,21,22,25,30)/b14-7+.